The molecule has 0 aliphatic rings. The molecule has 0 saturated heterocycles. The van der Waals surface area contributed by atoms with E-state index in [0.717, 1.165) is 19.3 Å². The Hall–Kier alpha value is 1.18. The molecule has 0 aromatic carbocycles. The van der Waals surface area contributed by atoms with Crippen molar-refractivity contribution in [3.63, 3.8) is 0 Å². The molecule has 0 aromatic heterocycles. The molecule has 0 bridgehead atoms. The molecule has 0 atom stereocenters. The van der Waals surface area contributed by atoms with Gasteiger partial charge in [0, 0.05) is 0 Å². The van der Waals surface area contributed by atoms with Crippen molar-refractivity contribution < 1.29 is 14.3 Å². The summed E-state index contributed by atoms with van der Waals surface area (Å²) in [6.45, 7) is 0.332. The first kappa shape index (κ1) is 14.2. The van der Waals surface area contributed by atoms with E-state index in [4.69, 9.17) is 44.6 Å². The lowest BCUT2D eigenvalue weighted by Gasteiger charge is -2.09. The van der Waals surface area contributed by atoms with Crippen molar-refractivity contribution in [1.29, 1.82) is 0 Å². The molecule has 3 nitrogen and oxygen atoms in total. The molecule has 0 radical (unpaired) electrons. The fourth-order valence-electron chi connectivity index (χ4n) is 0.750. The number of hydrogen-bond donors (Lipinski definition) is 2. The van der Waals surface area contributed by atoms with Gasteiger partial charge in [0.1, 0.15) is 0 Å². The molecule has 0 aromatic rings. The predicted octanol–water partition coefficient (Wildman–Crippen LogP) is 3.15. The van der Waals surface area contributed by atoms with E-state index in [0.29, 0.717) is 13.0 Å². The van der Waals surface area contributed by atoms with E-state index in [2.05, 4.69) is 4.52 Å². The summed E-state index contributed by atoms with van der Waals surface area (Å²) in [5, 5.41) is 0. The summed E-state index contributed by atoms with van der Waals surface area (Å²) in [7, 11) is -2.22. The van der Waals surface area contributed by atoms with Crippen LogP contribution < -0.4 is 0 Å². The zero-order valence-corrected chi connectivity index (χ0v) is 10.1. The van der Waals surface area contributed by atoms with Crippen LogP contribution in [-0.4, -0.2) is 20.2 Å². The predicted molar refractivity (Wildman–Crippen MR) is 56.1 cm³/mol. The zero-order chi connectivity index (χ0) is 10.3. The summed E-state index contributed by atoms with van der Waals surface area (Å²) >= 11 is 16.6. The second-order valence-corrected chi connectivity index (χ2v) is 5.79. The Labute approximate surface area is 93.9 Å². The molecule has 80 valence electrons. The summed E-state index contributed by atoms with van der Waals surface area (Å²) in [6, 6.07) is 0. The van der Waals surface area contributed by atoms with Crippen molar-refractivity contribution in [3.05, 3.63) is 0 Å². The lowest BCUT2D eigenvalue weighted by molar-refractivity contribution is 0.248. The molecule has 0 amide bonds. The van der Waals surface area contributed by atoms with Crippen LogP contribution >= 0.6 is 43.4 Å². The molecule has 7 heteroatoms. The van der Waals surface area contributed by atoms with Gasteiger partial charge in [-0.1, -0.05) is 41.2 Å². The van der Waals surface area contributed by atoms with Crippen LogP contribution in [0.25, 0.3) is 0 Å². The highest BCUT2D eigenvalue weighted by atomic mass is 35.6. The molecule has 0 rings (SSSR count). The van der Waals surface area contributed by atoms with Gasteiger partial charge in [-0.05, 0) is 19.3 Å². The molecule has 0 spiro atoms. The van der Waals surface area contributed by atoms with Gasteiger partial charge in [0.15, 0.2) is 3.79 Å². The molecule has 0 saturated carbocycles. The molecule has 0 fully saturated rings. The van der Waals surface area contributed by atoms with Gasteiger partial charge in [-0.3, -0.25) is 0 Å². The van der Waals surface area contributed by atoms with Crippen molar-refractivity contribution in [2.24, 2.45) is 0 Å². The number of unbranched alkanes of at least 4 members (excludes halogenated alkanes) is 2. The Kier molecular flexibility index (Phi) is 8.15. The third-order valence-corrected chi connectivity index (χ3v) is 2.29. The second kappa shape index (κ2) is 7.47. The molecule has 0 aliphatic carbocycles. The average Bonchev–Trinajstić information content (AvgIpc) is 1.93. The zero-order valence-electron chi connectivity index (χ0n) is 6.92. The molecule has 0 heterocycles. The number of alkyl halides is 3. The van der Waals surface area contributed by atoms with Crippen molar-refractivity contribution in [3.8, 4) is 0 Å². The van der Waals surface area contributed by atoms with Gasteiger partial charge in [-0.2, -0.15) is 0 Å². The summed E-state index contributed by atoms with van der Waals surface area (Å²) in [4.78, 5) is 16.7. The van der Waals surface area contributed by atoms with Crippen LogP contribution in [0.4, 0.5) is 0 Å². The van der Waals surface area contributed by atoms with E-state index in [1.54, 1.807) is 0 Å². The molecule has 2 N–H and O–H groups in total. The Morgan fingerprint density at radius 1 is 1.08 bits per heavy atom. The van der Waals surface area contributed by atoms with Crippen molar-refractivity contribution in [1.82, 2.24) is 0 Å². The first-order chi connectivity index (χ1) is 5.92. The van der Waals surface area contributed by atoms with Gasteiger partial charge in [-0.25, -0.2) is 0 Å². The maximum atomic E-state index is 8.37. The van der Waals surface area contributed by atoms with Crippen molar-refractivity contribution in [2.45, 2.75) is 29.5 Å². The quantitative estimate of drug-likeness (QED) is 0.442. The maximum Gasteiger partial charge on any atom is 0.327 e. The van der Waals surface area contributed by atoms with Gasteiger partial charge in [0.2, 0.25) is 0 Å². The van der Waals surface area contributed by atoms with Crippen molar-refractivity contribution >= 4 is 43.4 Å². The monoisotopic (exact) mass is 268 g/mol. The molecule has 0 unspecified atom stereocenters. The summed E-state index contributed by atoms with van der Waals surface area (Å²) in [5.74, 6) is 0. The van der Waals surface area contributed by atoms with Crippen LogP contribution in [0.3, 0.4) is 0 Å². The van der Waals surface area contributed by atoms with Crippen LogP contribution in [0.15, 0.2) is 0 Å². The van der Waals surface area contributed by atoms with Gasteiger partial charge >= 0.3 is 8.60 Å². The van der Waals surface area contributed by atoms with Gasteiger partial charge < -0.3 is 14.3 Å². The van der Waals surface area contributed by atoms with Crippen LogP contribution in [0.2, 0.25) is 0 Å². The van der Waals surface area contributed by atoms with Gasteiger partial charge in [0.25, 0.3) is 0 Å². The van der Waals surface area contributed by atoms with E-state index in [1.807, 2.05) is 0 Å². The summed E-state index contributed by atoms with van der Waals surface area (Å²) in [6.07, 6.45) is 2.87. The minimum absolute atomic E-state index is 0.332. The summed E-state index contributed by atoms with van der Waals surface area (Å²) in [5.41, 5.74) is 0. The SMILES string of the molecule is OP(O)OCCCCCC(Cl)(Cl)Cl. The van der Waals surface area contributed by atoms with E-state index < -0.39 is 12.4 Å². The summed E-state index contributed by atoms with van der Waals surface area (Å²) < 4.78 is 3.37. The average molecular weight is 269 g/mol. The van der Waals surface area contributed by atoms with Crippen LogP contribution in [0.5, 0.6) is 0 Å². The molecular weight excluding hydrogens is 257 g/mol. The van der Waals surface area contributed by atoms with Crippen LogP contribution in [0.1, 0.15) is 25.7 Å². The Bertz CT molecular complexity index is 129. The minimum Gasteiger partial charge on any atom is -0.328 e. The minimum atomic E-state index is -2.22. The Balaban J connectivity index is 3.09. The molecule has 0 aliphatic heterocycles. The lowest BCUT2D eigenvalue weighted by atomic mass is 10.2. The first-order valence-corrected chi connectivity index (χ1v) is 6.09. The highest BCUT2D eigenvalue weighted by Crippen LogP contribution is 2.32. The Morgan fingerprint density at radius 3 is 2.15 bits per heavy atom. The molecule has 13 heavy (non-hydrogen) atoms. The number of halogens is 3. The lowest BCUT2D eigenvalue weighted by Crippen LogP contribution is -2.01. The second-order valence-electron chi connectivity index (χ2n) is 2.51. The van der Waals surface area contributed by atoms with E-state index in [-0.39, 0.29) is 0 Å². The highest BCUT2D eigenvalue weighted by molar-refractivity contribution is 7.39. The maximum absolute atomic E-state index is 8.37. The number of hydrogen-bond acceptors (Lipinski definition) is 3. The van der Waals surface area contributed by atoms with Crippen LogP contribution in [-0.2, 0) is 4.52 Å². The number of rotatable bonds is 6. The van der Waals surface area contributed by atoms with E-state index in [1.165, 1.54) is 0 Å². The largest absolute Gasteiger partial charge is 0.328 e. The topological polar surface area (TPSA) is 49.7 Å². The Morgan fingerprint density at radius 2 is 1.69 bits per heavy atom. The smallest absolute Gasteiger partial charge is 0.327 e. The van der Waals surface area contributed by atoms with E-state index >= 15 is 0 Å². The van der Waals surface area contributed by atoms with Gasteiger partial charge in [-0.15, -0.1) is 0 Å². The first-order valence-electron chi connectivity index (χ1n) is 3.79. The van der Waals surface area contributed by atoms with Crippen molar-refractivity contribution in [2.75, 3.05) is 6.61 Å². The standard InChI is InChI=1S/C6H12Cl3O3P/c7-6(8,9)4-2-1-3-5-12-13(10)11/h10-11H,1-5H2. The normalized spacial score (nSPS) is 12.5. The fourth-order valence-corrected chi connectivity index (χ4v) is 1.44. The van der Waals surface area contributed by atoms with E-state index in [9.17, 15) is 0 Å². The van der Waals surface area contributed by atoms with Gasteiger partial charge in [0.05, 0.1) is 6.61 Å². The van der Waals surface area contributed by atoms with Crippen LogP contribution in [0, 0.1) is 0 Å². The third kappa shape index (κ3) is 13.2. The molecular formula is C6H12Cl3O3P. The fraction of sp³-hybridized carbons (Fsp3) is 1.00. The third-order valence-electron chi connectivity index (χ3n) is 1.31. The highest BCUT2D eigenvalue weighted by Gasteiger charge is 2.17.